The van der Waals surface area contributed by atoms with Crippen molar-refractivity contribution in [3.8, 4) is 11.3 Å². The molecule has 0 aliphatic rings. The maximum absolute atomic E-state index is 12.9. The van der Waals surface area contributed by atoms with Crippen LogP contribution < -0.4 is 10.0 Å². The highest BCUT2D eigenvalue weighted by atomic mass is 32.2. The molecule has 2 N–H and O–H groups in total. The molecule has 0 bridgehead atoms. The number of nitrogens with zero attached hydrogens (tertiary/aromatic N) is 3. The first-order chi connectivity index (χ1) is 16.7. The van der Waals surface area contributed by atoms with Crippen molar-refractivity contribution in [1.82, 2.24) is 14.5 Å². The quantitative estimate of drug-likeness (QED) is 0.333. The Balaban J connectivity index is 1.32. The number of amides is 1. The van der Waals surface area contributed by atoms with Crippen molar-refractivity contribution < 1.29 is 17.7 Å². The molecular formula is C24H21N5O4S2. The molecule has 5 aromatic rings. The standard InChI is InChI=1S/C24H21N5O4S2/c1-14-15(2)27-33-23(14)28-35(31,32)19-11-9-18(10-12-19)25-22(30)21-16(3)29-13-20(26-24(29)34-21)17-7-5-4-6-8-17/h4-13,28H,1-3H3,(H,25,30). The summed E-state index contributed by atoms with van der Waals surface area (Å²) in [7, 11) is -3.87. The van der Waals surface area contributed by atoms with Crippen LogP contribution in [0.1, 0.15) is 26.6 Å². The van der Waals surface area contributed by atoms with E-state index in [9.17, 15) is 13.2 Å². The van der Waals surface area contributed by atoms with E-state index >= 15 is 0 Å². The first-order valence-corrected chi connectivity index (χ1v) is 12.9. The average molecular weight is 508 g/mol. The van der Waals surface area contributed by atoms with Crippen molar-refractivity contribution in [3.05, 3.63) is 82.6 Å². The third-order valence-electron chi connectivity index (χ3n) is 5.64. The van der Waals surface area contributed by atoms with Crippen LogP contribution in [0, 0.1) is 20.8 Å². The fourth-order valence-electron chi connectivity index (χ4n) is 3.51. The predicted octanol–water partition coefficient (Wildman–Crippen LogP) is 5.03. The normalized spacial score (nSPS) is 11.6. The van der Waals surface area contributed by atoms with E-state index in [1.165, 1.54) is 35.6 Å². The van der Waals surface area contributed by atoms with Gasteiger partial charge in [0.2, 0.25) is 5.88 Å². The Labute approximate surface area is 205 Å². The lowest BCUT2D eigenvalue weighted by Crippen LogP contribution is -2.14. The zero-order chi connectivity index (χ0) is 24.7. The largest absolute Gasteiger partial charge is 0.337 e. The molecule has 0 saturated carbocycles. The Hall–Kier alpha value is -3.96. The molecule has 0 saturated heterocycles. The highest BCUT2D eigenvalue weighted by Crippen LogP contribution is 2.28. The van der Waals surface area contributed by atoms with Gasteiger partial charge in [-0.3, -0.25) is 9.20 Å². The minimum absolute atomic E-state index is 0.0307. The number of sulfonamides is 1. The van der Waals surface area contributed by atoms with E-state index in [2.05, 4.69) is 20.2 Å². The molecule has 0 aliphatic carbocycles. The summed E-state index contributed by atoms with van der Waals surface area (Å²) in [6.07, 6.45) is 1.91. The number of hydrogen-bond acceptors (Lipinski definition) is 7. The number of aromatic nitrogens is 3. The van der Waals surface area contributed by atoms with Gasteiger partial charge in [0.1, 0.15) is 4.88 Å². The lowest BCUT2D eigenvalue weighted by molar-refractivity contribution is 0.102. The topological polar surface area (TPSA) is 119 Å². The molecule has 11 heteroatoms. The molecule has 0 spiro atoms. The van der Waals surface area contributed by atoms with Gasteiger partial charge in [0.05, 0.1) is 16.3 Å². The number of imidazole rings is 1. The number of hydrogen-bond donors (Lipinski definition) is 2. The lowest BCUT2D eigenvalue weighted by atomic mass is 10.2. The van der Waals surface area contributed by atoms with Crippen LogP contribution in [0.4, 0.5) is 11.6 Å². The van der Waals surface area contributed by atoms with Gasteiger partial charge >= 0.3 is 0 Å². The van der Waals surface area contributed by atoms with Crippen LogP contribution in [-0.2, 0) is 10.0 Å². The molecular weight excluding hydrogens is 486 g/mol. The van der Waals surface area contributed by atoms with Gasteiger partial charge in [-0.15, -0.1) is 0 Å². The van der Waals surface area contributed by atoms with Crippen molar-refractivity contribution in [2.24, 2.45) is 0 Å². The molecule has 5 rings (SSSR count). The first kappa shape index (κ1) is 22.8. The van der Waals surface area contributed by atoms with Gasteiger partial charge in [-0.25, -0.2) is 18.1 Å². The molecule has 178 valence electrons. The summed E-state index contributed by atoms with van der Waals surface area (Å²) in [6.45, 7) is 5.31. The molecule has 2 aromatic carbocycles. The molecule has 1 amide bonds. The molecule has 35 heavy (non-hydrogen) atoms. The van der Waals surface area contributed by atoms with E-state index in [1.54, 1.807) is 13.8 Å². The van der Waals surface area contributed by atoms with Gasteiger partial charge in [0.25, 0.3) is 15.9 Å². The maximum atomic E-state index is 12.9. The van der Waals surface area contributed by atoms with Gasteiger partial charge in [-0.1, -0.05) is 46.8 Å². The second kappa shape index (κ2) is 8.67. The fraction of sp³-hybridized carbons (Fsp3) is 0.125. The third-order valence-corrected chi connectivity index (χ3v) is 8.14. The van der Waals surface area contributed by atoms with Gasteiger partial charge in [0.15, 0.2) is 4.96 Å². The van der Waals surface area contributed by atoms with Crippen LogP contribution in [0.2, 0.25) is 0 Å². The van der Waals surface area contributed by atoms with Crippen LogP contribution in [0.5, 0.6) is 0 Å². The van der Waals surface area contributed by atoms with Gasteiger partial charge in [0, 0.05) is 28.7 Å². The highest BCUT2D eigenvalue weighted by Gasteiger charge is 2.21. The number of nitrogens with one attached hydrogen (secondary N) is 2. The smallest absolute Gasteiger partial charge is 0.267 e. The zero-order valence-corrected chi connectivity index (χ0v) is 20.7. The van der Waals surface area contributed by atoms with E-state index in [1.807, 2.05) is 47.9 Å². The van der Waals surface area contributed by atoms with E-state index in [4.69, 9.17) is 4.52 Å². The van der Waals surface area contributed by atoms with Gasteiger partial charge in [-0.05, 0) is 45.0 Å². The minimum Gasteiger partial charge on any atom is -0.337 e. The van der Waals surface area contributed by atoms with E-state index in [0.717, 1.165) is 21.9 Å². The third kappa shape index (κ3) is 4.31. The Morgan fingerprint density at radius 1 is 1.03 bits per heavy atom. The molecule has 3 heterocycles. The monoisotopic (exact) mass is 507 g/mol. The summed E-state index contributed by atoms with van der Waals surface area (Å²) >= 11 is 1.30. The number of thiazole rings is 1. The summed E-state index contributed by atoms with van der Waals surface area (Å²) in [5.74, 6) is -0.214. The lowest BCUT2D eigenvalue weighted by Gasteiger charge is -2.08. The zero-order valence-electron chi connectivity index (χ0n) is 19.1. The first-order valence-electron chi connectivity index (χ1n) is 10.6. The molecule has 0 atom stereocenters. The Morgan fingerprint density at radius 3 is 2.37 bits per heavy atom. The SMILES string of the molecule is Cc1noc(NS(=O)(=O)c2ccc(NC(=O)c3sc4nc(-c5ccccc5)cn4c3C)cc2)c1C. The molecule has 9 nitrogen and oxygen atoms in total. The summed E-state index contributed by atoms with van der Waals surface area (Å²) in [5, 5.41) is 6.58. The van der Waals surface area contributed by atoms with Crippen LogP contribution in [0.15, 0.2) is 70.2 Å². The summed E-state index contributed by atoms with van der Waals surface area (Å²) in [6, 6.07) is 15.7. The number of carbonyl (C=O) groups is 1. The fourth-order valence-corrected chi connectivity index (χ4v) is 5.56. The second-order valence-electron chi connectivity index (χ2n) is 7.97. The number of carbonyl (C=O) groups excluding carboxylic acids is 1. The van der Waals surface area contributed by atoms with E-state index in [-0.39, 0.29) is 16.7 Å². The summed E-state index contributed by atoms with van der Waals surface area (Å²) in [5.41, 5.74) is 4.31. The number of anilines is 2. The van der Waals surface area contributed by atoms with Crippen molar-refractivity contribution >= 4 is 43.8 Å². The number of rotatable bonds is 6. The molecule has 0 fully saturated rings. The van der Waals surface area contributed by atoms with Crippen LogP contribution in [0.3, 0.4) is 0 Å². The van der Waals surface area contributed by atoms with Crippen molar-refractivity contribution in [3.63, 3.8) is 0 Å². The number of aryl methyl sites for hydroxylation is 2. The van der Waals surface area contributed by atoms with E-state index in [0.29, 0.717) is 21.8 Å². The summed E-state index contributed by atoms with van der Waals surface area (Å²) in [4.78, 5) is 18.9. The van der Waals surface area contributed by atoms with Gasteiger partial charge < -0.3 is 9.84 Å². The van der Waals surface area contributed by atoms with E-state index < -0.39 is 10.0 Å². The van der Waals surface area contributed by atoms with Crippen molar-refractivity contribution in [2.75, 3.05) is 10.0 Å². The molecule has 3 aromatic heterocycles. The predicted molar refractivity (Wildman–Crippen MR) is 134 cm³/mol. The van der Waals surface area contributed by atoms with Crippen molar-refractivity contribution in [2.45, 2.75) is 25.7 Å². The Kier molecular flexibility index (Phi) is 5.65. The molecule has 0 aliphatic heterocycles. The van der Waals surface area contributed by atoms with Crippen LogP contribution in [0.25, 0.3) is 16.2 Å². The number of fused-ring (bicyclic) bond motifs is 1. The molecule has 0 unspecified atom stereocenters. The second-order valence-corrected chi connectivity index (χ2v) is 10.6. The van der Waals surface area contributed by atoms with Crippen molar-refractivity contribution in [1.29, 1.82) is 0 Å². The van der Waals surface area contributed by atoms with Crippen LogP contribution >= 0.6 is 11.3 Å². The average Bonchev–Trinajstić information content (AvgIpc) is 3.50. The Bertz CT molecular complexity index is 1650. The van der Waals surface area contributed by atoms with Gasteiger partial charge in [-0.2, -0.15) is 0 Å². The highest BCUT2D eigenvalue weighted by molar-refractivity contribution is 7.92. The maximum Gasteiger partial charge on any atom is 0.267 e. The molecule has 0 radical (unpaired) electrons. The Morgan fingerprint density at radius 2 is 1.74 bits per heavy atom. The van der Waals surface area contributed by atoms with Crippen LogP contribution in [-0.4, -0.2) is 28.9 Å². The minimum atomic E-state index is -3.87. The summed E-state index contributed by atoms with van der Waals surface area (Å²) < 4.78 is 34.7. The number of benzene rings is 2.